The summed E-state index contributed by atoms with van der Waals surface area (Å²) in [5.41, 5.74) is 0. The van der Waals surface area contributed by atoms with Gasteiger partial charge in [-0.3, -0.25) is 0 Å². The number of nitrogens with one attached hydrogen (secondary N) is 1. The highest BCUT2D eigenvalue weighted by molar-refractivity contribution is 4.60. The summed E-state index contributed by atoms with van der Waals surface area (Å²) in [6.07, 6.45) is -0.694. The minimum Gasteiger partial charge on any atom is -0.317 e. The Morgan fingerprint density at radius 1 is 1.08 bits per heavy atom. The molecule has 0 saturated heterocycles. The van der Waals surface area contributed by atoms with E-state index in [0.717, 1.165) is 0 Å². The molecule has 78 valence electrons. The number of hydrogen-bond acceptors (Lipinski definition) is 1. The van der Waals surface area contributed by atoms with Crippen LogP contribution in [0.4, 0.5) is 4.39 Å². The monoisotopic (exact) mass is 179 g/mol. The number of rotatable bonds is 3. The lowest BCUT2D eigenvalue weighted by Gasteiger charge is -2.09. The summed E-state index contributed by atoms with van der Waals surface area (Å²) in [6.45, 7) is 12.2. The van der Waals surface area contributed by atoms with Crippen molar-refractivity contribution in [2.24, 2.45) is 5.92 Å². The molecule has 12 heavy (non-hydrogen) atoms. The zero-order chi connectivity index (χ0) is 10.6. The summed E-state index contributed by atoms with van der Waals surface area (Å²) < 4.78 is 12.5. The topological polar surface area (TPSA) is 12.0 Å². The molecular weight excluding hydrogens is 153 g/mol. The minimum atomic E-state index is -0.694. The first kappa shape index (κ1) is 17.8. The maximum Gasteiger partial charge on any atom is 0.115 e. The first-order chi connectivity index (χ1) is 5.68. The fraction of sp³-hybridized carbons (Fsp3) is 1.00. The molecule has 0 bridgehead atoms. The Bertz CT molecular complexity index is 55.8. The molecule has 1 atom stereocenters. The van der Waals surface area contributed by atoms with Crippen molar-refractivity contribution in [3.8, 4) is 0 Å². The quantitative estimate of drug-likeness (QED) is 0.701. The molecule has 1 nitrogen and oxygen atoms in total. The van der Waals surface area contributed by atoms with Gasteiger partial charge in [0.1, 0.15) is 6.17 Å². The van der Waals surface area contributed by atoms with Gasteiger partial charge in [0.2, 0.25) is 0 Å². The maximum absolute atomic E-state index is 12.5. The molecule has 0 aromatic heterocycles. The van der Waals surface area contributed by atoms with Crippen molar-refractivity contribution in [2.45, 2.75) is 47.7 Å². The Morgan fingerprint density at radius 2 is 1.42 bits per heavy atom. The lowest BCUT2D eigenvalue weighted by Crippen LogP contribution is -2.24. The fourth-order valence-electron chi connectivity index (χ4n) is 0.431. The molecule has 0 amide bonds. The van der Waals surface area contributed by atoms with E-state index in [1.807, 2.05) is 41.5 Å². The predicted octanol–water partition coefficient (Wildman–Crippen LogP) is 3.25. The van der Waals surface area contributed by atoms with E-state index in [1.165, 1.54) is 0 Å². The Labute approximate surface area is 77.8 Å². The van der Waals surface area contributed by atoms with E-state index in [2.05, 4.69) is 5.32 Å². The van der Waals surface area contributed by atoms with E-state index in [1.54, 1.807) is 7.05 Å². The summed E-state index contributed by atoms with van der Waals surface area (Å²) in [4.78, 5) is 0. The summed E-state index contributed by atoms with van der Waals surface area (Å²) >= 11 is 0. The molecule has 0 aromatic rings. The summed E-state index contributed by atoms with van der Waals surface area (Å²) in [5.74, 6) is 0.141. The third kappa shape index (κ3) is 16.5. The third-order valence-corrected chi connectivity index (χ3v) is 1.12. The van der Waals surface area contributed by atoms with Gasteiger partial charge in [-0.05, 0) is 13.0 Å². The second-order valence-electron chi connectivity index (χ2n) is 2.32. The molecular formula is C10H26FN. The lowest BCUT2D eigenvalue weighted by molar-refractivity contribution is 0.251. The van der Waals surface area contributed by atoms with E-state index >= 15 is 0 Å². The molecule has 0 fully saturated rings. The van der Waals surface area contributed by atoms with E-state index in [-0.39, 0.29) is 5.92 Å². The lowest BCUT2D eigenvalue weighted by atomic mass is 10.1. The van der Waals surface area contributed by atoms with Crippen molar-refractivity contribution in [1.29, 1.82) is 0 Å². The number of hydrogen-bond donors (Lipinski definition) is 1. The molecule has 0 heterocycles. The second kappa shape index (κ2) is 17.1. The second-order valence-corrected chi connectivity index (χ2v) is 2.32. The molecule has 0 aromatic carbocycles. The molecule has 2 heteroatoms. The van der Waals surface area contributed by atoms with Gasteiger partial charge >= 0.3 is 0 Å². The van der Waals surface area contributed by atoms with Crippen LogP contribution in [0.15, 0.2) is 0 Å². The highest BCUT2D eigenvalue weighted by Gasteiger charge is 2.08. The van der Waals surface area contributed by atoms with Gasteiger partial charge in [0.15, 0.2) is 0 Å². The molecule has 0 aliphatic rings. The van der Waals surface area contributed by atoms with Gasteiger partial charge in [0.25, 0.3) is 0 Å². The van der Waals surface area contributed by atoms with Gasteiger partial charge in [-0.2, -0.15) is 0 Å². The van der Waals surface area contributed by atoms with Crippen molar-refractivity contribution in [2.75, 3.05) is 13.6 Å². The van der Waals surface area contributed by atoms with Crippen LogP contribution in [0.3, 0.4) is 0 Å². The van der Waals surface area contributed by atoms with Crippen molar-refractivity contribution >= 4 is 0 Å². The van der Waals surface area contributed by atoms with E-state index in [4.69, 9.17) is 0 Å². The molecule has 0 rings (SSSR count). The van der Waals surface area contributed by atoms with Crippen LogP contribution in [0.2, 0.25) is 0 Å². The Kier molecular flexibility index (Phi) is 25.4. The van der Waals surface area contributed by atoms with Crippen LogP contribution < -0.4 is 5.32 Å². The van der Waals surface area contributed by atoms with Crippen molar-refractivity contribution in [3.63, 3.8) is 0 Å². The zero-order valence-corrected chi connectivity index (χ0v) is 9.74. The van der Waals surface area contributed by atoms with Crippen molar-refractivity contribution < 1.29 is 4.39 Å². The highest BCUT2D eigenvalue weighted by atomic mass is 19.1. The first-order valence-electron chi connectivity index (χ1n) is 4.97. The van der Waals surface area contributed by atoms with Crippen LogP contribution in [0.5, 0.6) is 0 Å². The first-order valence-corrected chi connectivity index (χ1v) is 4.97. The van der Waals surface area contributed by atoms with Crippen LogP contribution in [-0.4, -0.2) is 19.8 Å². The molecule has 0 aliphatic heterocycles. The Morgan fingerprint density at radius 3 is 1.50 bits per heavy atom. The van der Waals surface area contributed by atoms with E-state index < -0.39 is 6.17 Å². The van der Waals surface area contributed by atoms with Gasteiger partial charge in [0.05, 0.1) is 0 Å². The SMILES string of the molecule is CC.CC.CNCC(F)C(C)C. The van der Waals surface area contributed by atoms with Crippen molar-refractivity contribution in [3.05, 3.63) is 0 Å². The van der Waals surface area contributed by atoms with Gasteiger partial charge in [-0.1, -0.05) is 41.5 Å². The van der Waals surface area contributed by atoms with Gasteiger partial charge in [-0.15, -0.1) is 0 Å². The smallest absolute Gasteiger partial charge is 0.115 e. The van der Waals surface area contributed by atoms with Crippen LogP contribution in [0.25, 0.3) is 0 Å². The molecule has 0 saturated carbocycles. The average molecular weight is 179 g/mol. The molecule has 0 radical (unpaired) electrons. The number of alkyl halides is 1. The molecule has 1 N–H and O–H groups in total. The van der Waals surface area contributed by atoms with E-state index in [9.17, 15) is 4.39 Å². The van der Waals surface area contributed by atoms with Crippen LogP contribution in [0, 0.1) is 5.92 Å². The third-order valence-electron chi connectivity index (χ3n) is 1.12. The standard InChI is InChI=1S/C6H14FN.2C2H6/c1-5(2)6(7)4-8-3;2*1-2/h5-6,8H,4H2,1-3H3;2*1-2H3. The van der Waals surface area contributed by atoms with Gasteiger partial charge in [0, 0.05) is 6.54 Å². The maximum atomic E-state index is 12.5. The van der Waals surface area contributed by atoms with Gasteiger partial charge in [-0.25, -0.2) is 4.39 Å². The summed E-state index contributed by atoms with van der Waals surface area (Å²) in [6, 6.07) is 0. The zero-order valence-electron chi connectivity index (χ0n) is 9.74. The molecule has 0 spiro atoms. The highest BCUT2D eigenvalue weighted by Crippen LogP contribution is 2.03. The minimum absolute atomic E-state index is 0.141. The van der Waals surface area contributed by atoms with Crippen molar-refractivity contribution in [1.82, 2.24) is 5.32 Å². The van der Waals surface area contributed by atoms with E-state index in [0.29, 0.717) is 6.54 Å². The Hall–Kier alpha value is -0.110. The largest absolute Gasteiger partial charge is 0.317 e. The van der Waals surface area contributed by atoms with Gasteiger partial charge < -0.3 is 5.32 Å². The molecule has 0 aliphatic carbocycles. The average Bonchev–Trinajstić information content (AvgIpc) is 2.12. The van der Waals surface area contributed by atoms with Crippen LogP contribution in [0.1, 0.15) is 41.5 Å². The van der Waals surface area contributed by atoms with Crippen LogP contribution >= 0.6 is 0 Å². The number of halogens is 1. The summed E-state index contributed by atoms with van der Waals surface area (Å²) in [5, 5.41) is 2.77. The normalized spacial score (nSPS) is 10.8. The predicted molar refractivity (Wildman–Crippen MR) is 56.4 cm³/mol. The fourth-order valence-corrected chi connectivity index (χ4v) is 0.431. The van der Waals surface area contributed by atoms with Crippen LogP contribution in [-0.2, 0) is 0 Å². The summed E-state index contributed by atoms with van der Waals surface area (Å²) in [7, 11) is 1.76. The Balaban J connectivity index is -0.000000175. The molecule has 1 unspecified atom stereocenters.